The average molecular weight is 433 g/mol. The van der Waals surface area contributed by atoms with Crippen LogP contribution in [0.25, 0.3) is 0 Å². The maximum absolute atomic E-state index is 13.6. The predicted molar refractivity (Wildman–Crippen MR) is 111 cm³/mol. The summed E-state index contributed by atoms with van der Waals surface area (Å²) < 4.78 is 28.4. The molecule has 0 bridgehead atoms. The van der Waals surface area contributed by atoms with Crippen molar-refractivity contribution < 1.29 is 22.9 Å². The molecule has 1 aliphatic rings. The highest BCUT2D eigenvalue weighted by Crippen LogP contribution is 2.44. The first-order valence-corrected chi connectivity index (χ1v) is 10.8. The maximum Gasteiger partial charge on any atom is 0.298 e. The van der Waals surface area contributed by atoms with E-state index in [1.165, 1.54) is 16.3 Å². The second-order valence-corrected chi connectivity index (χ2v) is 9.11. The summed E-state index contributed by atoms with van der Waals surface area (Å²) in [5.74, 6) is -0.848. The molecule has 0 saturated carbocycles. The molecule has 0 N–H and O–H groups in total. The fourth-order valence-electron chi connectivity index (χ4n) is 3.50. The summed E-state index contributed by atoms with van der Waals surface area (Å²) in [7, 11) is -2.77. The molecule has 1 atom stereocenters. The molecule has 0 fully saturated rings. The van der Waals surface area contributed by atoms with E-state index in [-0.39, 0.29) is 15.7 Å². The van der Waals surface area contributed by atoms with Gasteiger partial charge in [-0.1, -0.05) is 43.7 Å². The molecule has 10 heteroatoms. The fourth-order valence-corrected chi connectivity index (χ4v) is 5.24. The summed E-state index contributed by atoms with van der Waals surface area (Å²) in [5, 5.41) is 15.0. The van der Waals surface area contributed by atoms with Crippen molar-refractivity contribution in [2.75, 3.05) is 22.9 Å². The zero-order valence-electron chi connectivity index (χ0n) is 17.2. The van der Waals surface area contributed by atoms with Crippen molar-refractivity contribution in [3.8, 4) is 0 Å². The Morgan fingerprint density at radius 3 is 2.33 bits per heavy atom. The fraction of sp³-hybridized carbons (Fsp3) is 0.350. The Morgan fingerprint density at radius 1 is 1.17 bits per heavy atom. The van der Waals surface area contributed by atoms with Crippen molar-refractivity contribution in [2.45, 2.75) is 31.8 Å². The Kier molecular flexibility index (Phi) is 5.97. The van der Waals surface area contributed by atoms with Crippen molar-refractivity contribution in [1.29, 1.82) is 0 Å². The zero-order valence-corrected chi connectivity index (χ0v) is 18.0. The summed E-state index contributed by atoms with van der Waals surface area (Å²) in [5.41, 5.74) is 1.74. The van der Waals surface area contributed by atoms with Gasteiger partial charge in [0.2, 0.25) is 0 Å². The number of anilines is 2. The Labute approximate surface area is 175 Å². The van der Waals surface area contributed by atoms with E-state index >= 15 is 0 Å². The van der Waals surface area contributed by atoms with Crippen LogP contribution in [0.5, 0.6) is 0 Å². The van der Waals surface area contributed by atoms with Gasteiger partial charge in [0.1, 0.15) is 13.3 Å². The van der Waals surface area contributed by atoms with Crippen LogP contribution in [0.15, 0.2) is 58.7 Å². The maximum atomic E-state index is 13.6. The molecule has 0 radical (unpaired) electrons. The normalized spacial score (nSPS) is 16.7. The Morgan fingerprint density at radius 2 is 1.77 bits per heavy atom. The van der Waals surface area contributed by atoms with Crippen LogP contribution in [0.1, 0.15) is 19.4 Å². The van der Waals surface area contributed by atoms with Crippen molar-refractivity contribution in [2.24, 2.45) is 11.2 Å². The second kappa shape index (κ2) is 8.31. The van der Waals surface area contributed by atoms with Crippen LogP contribution in [0.2, 0.25) is 0 Å². The van der Waals surface area contributed by atoms with Gasteiger partial charge in [-0.15, -0.1) is 0 Å². The van der Waals surface area contributed by atoms with Crippen LogP contribution >= 0.6 is 0 Å². The molecule has 160 valence electrons. The van der Waals surface area contributed by atoms with Gasteiger partial charge in [0.05, 0.1) is 16.3 Å². The number of sulfonamides is 1. The molecule has 1 unspecified atom stereocenters. The SMILES string of the molecule is CO/N=[N+](\[O-])CC(=O)N1c2ccccc2N(S(=O)(=O)c2ccc(C)cc2)C1C(C)C. The molecule has 0 spiro atoms. The number of carbonyl (C=O) groups excluding carboxylic acids is 1. The average Bonchev–Trinajstić information content (AvgIpc) is 3.05. The smallest absolute Gasteiger partial charge is 0.298 e. The van der Waals surface area contributed by atoms with E-state index < -0.39 is 28.6 Å². The number of hydrogen-bond acceptors (Lipinski definition) is 6. The van der Waals surface area contributed by atoms with E-state index in [9.17, 15) is 18.4 Å². The van der Waals surface area contributed by atoms with Crippen LogP contribution in [0, 0.1) is 18.0 Å². The van der Waals surface area contributed by atoms with Gasteiger partial charge >= 0.3 is 0 Å². The van der Waals surface area contributed by atoms with Gasteiger partial charge in [-0.25, -0.2) is 12.7 Å². The van der Waals surface area contributed by atoms with E-state index in [1.54, 1.807) is 48.5 Å². The van der Waals surface area contributed by atoms with Gasteiger partial charge < -0.3 is 10.0 Å². The molecule has 0 aromatic heterocycles. The van der Waals surface area contributed by atoms with Gasteiger partial charge in [-0.3, -0.25) is 9.69 Å². The summed E-state index contributed by atoms with van der Waals surface area (Å²) in [6.45, 7) is 4.91. The Hall–Kier alpha value is -3.14. The summed E-state index contributed by atoms with van der Waals surface area (Å²) in [6, 6.07) is 13.3. The number of rotatable bonds is 6. The first-order chi connectivity index (χ1) is 14.2. The first-order valence-electron chi connectivity index (χ1n) is 9.39. The van der Waals surface area contributed by atoms with Crippen LogP contribution in [0.3, 0.4) is 0 Å². The number of aryl methyl sites for hydroxylation is 1. The minimum absolute atomic E-state index is 0.124. The van der Waals surface area contributed by atoms with Gasteiger partial charge in [0, 0.05) is 0 Å². The Balaban J connectivity index is 2.13. The largest absolute Gasteiger partial charge is 0.597 e. The van der Waals surface area contributed by atoms with Gasteiger partial charge in [0.25, 0.3) is 22.5 Å². The molecule has 9 nitrogen and oxygen atoms in total. The quantitative estimate of drug-likeness (QED) is 0.396. The van der Waals surface area contributed by atoms with Gasteiger partial charge in [-0.05, 0) is 42.0 Å². The van der Waals surface area contributed by atoms with Crippen molar-refractivity contribution in [1.82, 2.24) is 0 Å². The lowest BCUT2D eigenvalue weighted by Gasteiger charge is -2.33. The van der Waals surface area contributed by atoms with Gasteiger partial charge in [-0.2, -0.15) is 0 Å². The number of amides is 1. The number of benzene rings is 2. The number of hydroxylamine groups is 1. The summed E-state index contributed by atoms with van der Waals surface area (Å²) in [4.78, 5) is 19.0. The van der Waals surface area contributed by atoms with Crippen molar-refractivity contribution >= 4 is 27.3 Å². The number of para-hydroxylation sites is 2. The summed E-state index contributed by atoms with van der Waals surface area (Å²) >= 11 is 0. The highest BCUT2D eigenvalue weighted by Gasteiger charge is 2.47. The van der Waals surface area contributed by atoms with Crippen LogP contribution in [0.4, 0.5) is 11.4 Å². The second-order valence-electron chi connectivity index (χ2n) is 7.30. The lowest BCUT2D eigenvalue weighted by atomic mass is 10.1. The monoisotopic (exact) mass is 432 g/mol. The van der Waals surface area contributed by atoms with E-state index in [2.05, 4.69) is 10.1 Å². The molecule has 1 heterocycles. The van der Waals surface area contributed by atoms with Crippen LogP contribution < -0.4 is 9.21 Å². The molecule has 2 aromatic carbocycles. The minimum atomic E-state index is -3.97. The molecule has 3 rings (SSSR count). The lowest BCUT2D eigenvalue weighted by Crippen LogP contribution is -2.52. The molecule has 30 heavy (non-hydrogen) atoms. The summed E-state index contributed by atoms with van der Waals surface area (Å²) in [6.07, 6.45) is -0.836. The van der Waals surface area contributed by atoms with Gasteiger partial charge in [0.15, 0.2) is 5.28 Å². The molecule has 1 aliphatic heterocycles. The predicted octanol–water partition coefficient (Wildman–Crippen LogP) is 3.04. The molecule has 1 amide bonds. The molecular formula is C20H24N4O5S. The third kappa shape index (κ3) is 3.82. The topological polar surface area (TPSA) is 105 Å². The number of nitrogens with zero attached hydrogens (tertiary/aromatic N) is 4. The van der Waals surface area contributed by atoms with Crippen LogP contribution in [-0.4, -0.2) is 39.0 Å². The molecule has 0 saturated heterocycles. The Bertz CT molecular complexity index is 1070. The van der Waals surface area contributed by atoms with E-state index in [0.29, 0.717) is 11.4 Å². The third-order valence-corrected chi connectivity index (χ3v) is 6.57. The van der Waals surface area contributed by atoms with E-state index in [1.807, 2.05) is 20.8 Å². The van der Waals surface area contributed by atoms with Crippen LogP contribution in [-0.2, 0) is 19.7 Å². The molecule has 2 aromatic rings. The van der Waals surface area contributed by atoms with E-state index in [0.717, 1.165) is 5.56 Å². The lowest BCUT2D eigenvalue weighted by molar-refractivity contribution is -0.546. The minimum Gasteiger partial charge on any atom is -0.597 e. The molecule has 0 aliphatic carbocycles. The molecular weight excluding hydrogens is 408 g/mol. The standard InChI is InChI=1S/C20H24N4O5S/c1-14(2)20-23(19(25)13-22(26)21-29-4)17-7-5-6-8-18(17)24(20)30(27,28)16-11-9-15(3)10-12-16/h5-12,14,20H,13H2,1-4H3/b22-21-. The highest BCUT2D eigenvalue weighted by molar-refractivity contribution is 7.93. The highest BCUT2D eigenvalue weighted by atomic mass is 32.2. The first kappa shape index (κ1) is 21.6. The number of hydrogen-bond donors (Lipinski definition) is 0. The number of carbonyl (C=O) groups is 1. The van der Waals surface area contributed by atoms with E-state index in [4.69, 9.17) is 0 Å². The third-order valence-electron chi connectivity index (χ3n) is 4.77. The zero-order chi connectivity index (χ0) is 22.1. The number of fused-ring (bicyclic) bond motifs is 1. The van der Waals surface area contributed by atoms with Crippen molar-refractivity contribution in [3.05, 3.63) is 59.3 Å². The van der Waals surface area contributed by atoms with Crippen molar-refractivity contribution in [3.63, 3.8) is 0 Å².